The van der Waals surface area contributed by atoms with E-state index < -0.39 is 0 Å². The molecule has 0 saturated carbocycles. The first-order valence-corrected chi connectivity index (χ1v) is 11.1. The summed E-state index contributed by atoms with van der Waals surface area (Å²) < 4.78 is 6.04. The van der Waals surface area contributed by atoms with Gasteiger partial charge in [-0.05, 0) is 42.3 Å². The lowest BCUT2D eigenvalue weighted by Gasteiger charge is -2.44. The third-order valence-electron chi connectivity index (χ3n) is 6.12. The molecular weight excluding hydrogens is 400 g/mol. The van der Waals surface area contributed by atoms with E-state index in [1.807, 2.05) is 55.7 Å². The summed E-state index contributed by atoms with van der Waals surface area (Å²) in [6.07, 6.45) is 1.82. The lowest BCUT2D eigenvalue weighted by atomic mass is 10.00. The smallest absolute Gasteiger partial charge is 0.298 e. The van der Waals surface area contributed by atoms with Gasteiger partial charge in [0.2, 0.25) is 0 Å². The van der Waals surface area contributed by atoms with E-state index in [1.165, 1.54) is 0 Å². The van der Waals surface area contributed by atoms with Crippen LogP contribution in [0.3, 0.4) is 0 Å². The van der Waals surface area contributed by atoms with Crippen molar-refractivity contribution in [3.05, 3.63) is 60.8 Å². The molecule has 2 aromatic carbocycles. The molecule has 2 aromatic heterocycles. The summed E-state index contributed by atoms with van der Waals surface area (Å²) in [7, 11) is 1.84. The minimum absolute atomic E-state index is 0.262. The molecule has 7 nitrogen and oxygen atoms in total. The van der Waals surface area contributed by atoms with Crippen LogP contribution in [0.25, 0.3) is 22.0 Å². The van der Waals surface area contributed by atoms with Crippen molar-refractivity contribution in [2.24, 2.45) is 10.9 Å². The van der Waals surface area contributed by atoms with Gasteiger partial charge in [0.1, 0.15) is 5.52 Å². The number of benzene rings is 2. The number of nitrogens with one attached hydrogen (secondary N) is 1. The first-order valence-electron chi connectivity index (χ1n) is 11.1. The van der Waals surface area contributed by atoms with Crippen LogP contribution in [0.1, 0.15) is 13.8 Å². The van der Waals surface area contributed by atoms with Crippen molar-refractivity contribution >= 4 is 39.7 Å². The molecule has 1 aliphatic heterocycles. The van der Waals surface area contributed by atoms with Crippen LogP contribution in [0.5, 0.6) is 0 Å². The molecule has 0 radical (unpaired) electrons. The number of hydrogen-bond donors (Lipinski definition) is 1. The second kappa shape index (κ2) is 8.49. The van der Waals surface area contributed by atoms with Crippen LogP contribution in [0.4, 0.5) is 11.7 Å². The predicted molar refractivity (Wildman–Crippen MR) is 130 cm³/mol. The van der Waals surface area contributed by atoms with E-state index in [1.54, 1.807) is 0 Å². The third kappa shape index (κ3) is 3.75. The zero-order chi connectivity index (χ0) is 22.1. The van der Waals surface area contributed by atoms with Gasteiger partial charge in [0.25, 0.3) is 6.01 Å². The zero-order valence-corrected chi connectivity index (χ0v) is 18.7. The number of anilines is 2. The molecule has 5 rings (SSSR count). The van der Waals surface area contributed by atoms with Crippen molar-refractivity contribution < 1.29 is 4.42 Å². The summed E-state index contributed by atoms with van der Waals surface area (Å²) in [6, 6.07) is 19.1. The van der Waals surface area contributed by atoms with Crippen molar-refractivity contribution in [1.29, 1.82) is 0 Å². The average molecular weight is 429 g/mol. The minimum Gasteiger partial charge on any atom is -0.423 e. The van der Waals surface area contributed by atoms with Gasteiger partial charge >= 0.3 is 0 Å². The molecule has 1 saturated heterocycles. The molecule has 1 fully saturated rings. The maximum absolute atomic E-state index is 6.04. The van der Waals surface area contributed by atoms with Crippen LogP contribution in [0.2, 0.25) is 0 Å². The van der Waals surface area contributed by atoms with Gasteiger partial charge in [0.15, 0.2) is 11.5 Å². The number of aliphatic imine (C=N–C) groups is 1. The fourth-order valence-corrected chi connectivity index (χ4v) is 4.40. The number of guanidine groups is 1. The summed E-state index contributed by atoms with van der Waals surface area (Å²) >= 11 is 0. The van der Waals surface area contributed by atoms with E-state index in [2.05, 4.69) is 51.1 Å². The Kier molecular flexibility index (Phi) is 5.39. The maximum Gasteiger partial charge on any atom is 0.298 e. The lowest BCUT2D eigenvalue weighted by Crippen LogP contribution is -2.58. The molecular formula is C25H28N6O. The van der Waals surface area contributed by atoms with E-state index in [0.29, 0.717) is 11.9 Å². The molecule has 4 aromatic rings. The van der Waals surface area contributed by atoms with Gasteiger partial charge in [-0.25, -0.2) is 0 Å². The standard InChI is InChI=1S/C25H28N6O/c1-17(2)22-16-30(25-29-21-9-4-5-12-23(21)32-25)14-15-31(22)24(26-3)28-20-11-6-10-19-18(20)8-7-13-27-19/h4-13,17,22H,14-16H2,1-3H3,(H,26,28). The highest BCUT2D eigenvalue weighted by molar-refractivity contribution is 6.02. The van der Waals surface area contributed by atoms with Crippen LogP contribution in [-0.2, 0) is 0 Å². The summed E-state index contributed by atoms with van der Waals surface area (Å²) in [5.74, 6) is 1.30. The molecule has 32 heavy (non-hydrogen) atoms. The Balaban J connectivity index is 1.40. The first kappa shape index (κ1) is 20.3. The Bertz CT molecular complexity index is 1230. The van der Waals surface area contributed by atoms with Crippen molar-refractivity contribution in [2.45, 2.75) is 19.9 Å². The Morgan fingerprint density at radius 2 is 1.91 bits per heavy atom. The highest BCUT2D eigenvalue weighted by atomic mass is 16.4. The van der Waals surface area contributed by atoms with E-state index in [4.69, 9.17) is 9.40 Å². The first-order chi connectivity index (χ1) is 15.6. The van der Waals surface area contributed by atoms with Gasteiger partial charge in [-0.15, -0.1) is 0 Å². The van der Waals surface area contributed by atoms with E-state index in [9.17, 15) is 0 Å². The fraction of sp³-hybridized carbons (Fsp3) is 0.320. The molecule has 0 spiro atoms. The summed E-state index contributed by atoms with van der Waals surface area (Å²) in [4.78, 5) is 18.4. The number of piperazine rings is 1. The Morgan fingerprint density at radius 1 is 1.06 bits per heavy atom. The maximum atomic E-state index is 6.04. The monoisotopic (exact) mass is 428 g/mol. The van der Waals surface area contributed by atoms with Gasteiger partial charge in [-0.2, -0.15) is 4.98 Å². The van der Waals surface area contributed by atoms with Crippen LogP contribution < -0.4 is 10.2 Å². The second-order valence-corrected chi connectivity index (χ2v) is 8.46. The van der Waals surface area contributed by atoms with Crippen molar-refractivity contribution in [1.82, 2.24) is 14.9 Å². The van der Waals surface area contributed by atoms with Crippen molar-refractivity contribution in [2.75, 3.05) is 36.9 Å². The number of rotatable bonds is 3. The van der Waals surface area contributed by atoms with Crippen LogP contribution in [0.15, 0.2) is 70.2 Å². The van der Waals surface area contributed by atoms with Gasteiger partial charge in [0, 0.05) is 38.3 Å². The molecule has 0 amide bonds. The Hall–Kier alpha value is -3.61. The largest absolute Gasteiger partial charge is 0.423 e. The molecule has 1 N–H and O–H groups in total. The quantitative estimate of drug-likeness (QED) is 0.379. The summed E-state index contributed by atoms with van der Waals surface area (Å²) in [5.41, 5.74) is 3.70. The molecule has 1 aliphatic rings. The van der Waals surface area contributed by atoms with Gasteiger partial charge in [0.05, 0.1) is 17.2 Å². The molecule has 0 aliphatic carbocycles. The Morgan fingerprint density at radius 3 is 2.72 bits per heavy atom. The Labute approximate surface area is 187 Å². The predicted octanol–water partition coefficient (Wildman–Crippen LogP) is 4.62. The molecule has 164 valence electrons. The topological polar surface area (TPSA) is 69.8 Å². The van der Waals surface area contributed by atoms with Crippen molar-refractivity contribution in [3.63, 3.8) is 0 Å². The van der Waals surface area contributed by atoms with Crippen LogP contribution >= 0.6 is 0 Å². The SMILES string of the molecule is CN=C(Nc1cccc2ncccc12)N1CCN(c2nc3ccccc3o2)CC1C(C)C. The number of nitrogens with zero attached hydrogens (tertiary/aromatic N) is 5. The molecule has 7 heteroatoms. The normalized spacial score (nSPS) is 17.5. The molecule has 3 heterocycles. The number of hydrogen-bond acceptors (Lipinski definition) is 5. The number of aromatic nitrogens is 2. The zero-order valence-electron chi connectivity index (χ0n) is 18.7. The van der Waals surface area contributed by atoms with Gasteiger partial charge in [-0.1, -0.05) is 32.0 Å². The molecule has 1 unspecified atom stereocenters. The number of oxazole rings is 1. The number of pyridine rings is 1. The summed E-state index contributed by atoms with van der Waals surface area (Å²) in [6.45, 7) is 6.96. The third-order valence-corrected chi connectivity index (χ3v) is 6.12. The van der Waals surface area contributed by atoms with Crippen molar-refractivity contribution in [3.8, 4) is 0 Å². The van der Waals surface area contributed by atoms with Gasteiger partial charge < -0.3 is 19.5 Å². The highest BCUT2D eigenvalue weighted by Gasteiger charge is 2.33. The fourth-order valence-electron chi connectivity index (χ4n) is 4.40. The lowest BCUT2D eigenvalue weighted by molar-refractivity contribution is 0.220. The number of fused-ring (bicyclic) bond motifs is 2. The average Bonchev–Trinajstić information content (AvgIpc) is 3.26. The van der Waals surface area contributed by atoms with E-state index >= 15 is 0 Å². The molecule has 0 bridgehead atoms. The highest BCUT2D eigenvalue weighted by Crippen LogP contribution is 2.27. The van der Waals surface area contributed by atoms with Crippen LogP contribution in [-0.4, -0.2) is 53.6 Å². The van der Waals surface area contributed by atoms with E-state index in [-0.39, 0.29) is 6.04 Å². The van der Waals surface area contributed by atoms with E-state index in [0.717, 1.165) is 53.3 Å². The second-order valence-electron chi connectivity index (χ2n) is 8.46. The summed E-state index contributed by atoms with van der Waals surface area (Å²) in [5, 5.41) is 4.67. The van der Waals surface area contributed by atoms with Crippen LogP contribution in [0, 0.1) is 5.92 Å². The molecule has 1 atom stereocenters. The van der Waals surface area contributed by atoms with Gasteiger partial charge in [-0.3, -0.25) is 9.98 Å². The number of para-hydroxylation sites is 2. The minimum atomic E-state index is 0.262.